The van der Waals surface area contributed by atoms with Crippen molar-refractivity contribution in [2.75, 3.05) is 26.2 Å². The van der Waals surface area contributed by atoms with Crippen LogP contribution < -0.4 is 15.4 Å². The highest BCUT2D eigenvalue weighted by Crippen LogP contribution is 2.08. The fraction of sp³-hybridized carbons (Fsp3) is 0.462. The minimum Gasteiger partial charge on any atom is -0.491 e. The summed E-state index contributed by atoms with van der Waals surface area (Å²) < 4.78 is 5.40. The molecule has 1 aromatic rings. The summed E-state index contributed by atoms with van der Waals surface area (Å²) in [6, 6.07) is 9.36. The molecule has 0 radical (unpaired) electrons. The molecule has 1 atom stereocenters. The maximum Gasteiger partial charge on any atom is 0.216 e. The minimum atomic E-state index is -0.567. The Labute approximate surface area is 107 Å². The van der Waals surface area contributed by atoms with Crippen molar-refractivity contribution in [3.63, 3.8) is 0 Å². The zero-order chi connectivity index (χ0) is 13.2. The minimum absolute atomic E-state index is 0.0511. The van der Waals surface area contributed by atoms with Crippen molar-refractivity contribution in [3.05, 3.63) is 30.3 Å². The molecule has 0 saturated heterocycles. The van der Waals surface area contributed by atoms with Crippen molar-refractivity contribution in [1.29, 1.82) is 0 Å². The Kier molecular flexibility index (Phi) is 6.83. The third kappa shape index (κ3) is 6.88. The topological polar surface area (TPSA) is 70.6 Å². The lowest BCUT2D eigenvalue weighted by Crippen LogP contribution is -2.36. The van der Waals surface area contributed by atoms with Gasteiger partial charge in [0.1, 0.15) is 18.5 Å². The summed E-state index contributed by atoms with van der Waals surface area (Å²) in [7, 11) is 0. The van der Waals surface area contributed by atoms with Gasteiger partial charge in [-0.1, -0.05) is 18.2 Å². The van der Waals surface area contributed by atoms with E-state index < -0.39 is 6.10 Å². The average molecular weight is 252 g/mol. The third-order valence-electron chi connectivity index (χ3n) is 2.24. The van der Waals surface area contributed by atoms with Gasteiger partial charge in [0, 0.05) is 26.6 Å². The molecule has 1 amide bonds. The second-order valence-corrected chi connectivity index (χ2v) is 3.96. The first kappa shape index (κ1) is 14.5. The smallest absolute Gasteiger partial charge is 0.216 e. The number of nitrogens with one attached hydrogen (secondary N) is 2. The molecule has 0 aromatic heterocycles. The zero-order valence-electron chi connectivity index (χ0n) is 10.6. The van der Waals surface area contributed by atoms with Crippen LogP contribution in [-0.2, 0) is 4.79 Å². The van der Waals surface area contributed by atoms with Gasteiger partial charge in [0.15, 0.2) is 0 Å². The molecule has 5 nitrogen and oxygen atoms in total. The molecule has 1 rings (SSSR count). The van der Waals surface area contributed by atoms with Gasteiger partial charge < -0.3 is 20.5 Å². The van der Waals surface area contributed by atoms with Crippen molar-refractivity contribution in [3.8, 4) is 5.75 Å². The van der Waals surface area contributed by atoms with Crippen LogP contribution in [0.15, 0.2) is 30.3 Å². The number of hydrogen-bond donors (Lipinski definition) is 3. The molecule has 0 aliphatic carbocycles. The molecule has 0 aliphatic heterocycles. The van der Waals surface area contributed by atoms with E-state index >= 15 is 0 Å². The molecular formula is C13H20N2O3. The molecule has 100 valence electrons. The highest BCUT2D eigenvalue weighted by atomic mass is 16.5. The van der Waals surface area contributed by atoms with Gasteiger partial charge in [-0.3, -0.25) is 4.79 Å². The van der Waals surface area contributed by atoms with Crippen LogP contribution in [0.4, 0.5) is 0 Å². The van der Waals surface area contributed by atoms with E-state index in [1.165, 1.54) is 6.92 Å². The lowest BCUT2D eigenvalue weighted by atomic mass is 10.3. The van der Waals surface area contributed by atoms with E-state index in [0.717, 1.165) is 5.75 Å². The number of aliphatic hydroxyl groups is 1. The number of rotatable bonds is 8. The van der Waals surface area contributed by atoms with Gasteiger partial charge in [-0.25, -0.2) is 0 Å². The van der Waals surface area contributed by atoms with Gasteiger partial charge >= 0.3 is 0 Å². The van der Waals surface area contributed by atoms with E-state index in [2.05, 4.69) is 10.6 Å². The van der Waals surface area contributed by atoms with Gasteiger partial charge in [0.05, 0.1) is 0 Å². The van der Waals surface area contributed by atoms with Crippen LogP contribution in [0.3, 0.4) is 0 Å². The number of carbonyl (C=O) groups excluding carboxylic acids is 1. The molecule has 3 N–H and O–H groups in total. The van der Waals surface area contributed by atoms with E-state index in [1.807, 2.05) is 30.3 Å². The molecule has 0 fully saturated rings. The first-order valence-corrected chi connectivity index (χ1v) is 5.99. The van der Waals surface area contributed by atoms with Crippen molar-refractivity contribution < 1.29 is 14.6 Å². The Hall–Kier alpha value is -1.59. The second kappa shape index (κ2) is 8.49. The lowest BCUT2D eigenvalue weighted by Gasteiger charge is -2.13. The number of benzene rings is 1. The van der Waals surface area contributed by atoms with Crippen LogP contribution in [0.25, 0.3) is 0 Å². The van der Waals surface area contributed by atoms with E-state index in [-0.39, 0.29) is 12.5 Å². The molecular weight excluding hydrogens is 232 g/mol. The summed E-state index contributed by atoms with van der Waals surface area (Å²) in [4.78, 5) is 10.6. The molecule has 0 aliphatic rings. The largest absolute Gasteiger partial charge is 0.491 e. The molecule has 0 saturated carbocycles. The van der Waals surface area contributed by atoms with Crippen LogP contribution in [0.5, 0.6) is 5.75 Å². The molecule has 18 heavy (non-hydrogen) atoms. The zero-order valence-corrected chi connectivity index (χ0v) is 10.6. The average Bonchev–Trinajstić information content (AvgIpc) is 2.37. The van der Waals surface area contributed by atoms with Crippen LogP contribution in [0.2, 0.25) is 0 Å². The quantitative estimate of drug-likeness (QED) is 0.576. The fourth-order valence-corrected chi connectivity index (χ4v) is 1.36. The Morgan fingerprint density at radius 3 is 2.72 bits per heavy atom. The molecule has 5 heteroatoms. The molecule has 0 spiro atoms. The monoisotopic (exact) mass is 252 g/mol. The van der Waals surface area contributed by atoms with Crippen molar-refractivity contribution in [2.24, 2.45) is 0 Å². The summed E-state index contributed by atoms with van der Waals surface area (Å²) in [5.74, 6) is 0.694. The molecule has 0 bridgehead atoms. The van der Waals surface area contributed by atoms with Crippen LogP contribution >= 0.6 is 0 Å². The second-order valence-electron chi connectivity index (χ2n) is 3.96. The summed E-state index contributed by atoms with van der Waals surface area (Å²) in [6.07, 6.45) is -0.567. The van der Waals surface area contributed by atoms with Crippen LogP contribution in [0, 0.1) is 0 Å². The summed E-state index contributed by atoms with van der Waals surface area (Å²) >= 11 is 0. The molecule has 0 heterocycles. The normalized spacial score (nSPS) is 11.9. The highest BCUT2D eigenvalue weighted by Gasteiger charge is 2.04. The Morgan fingerprint density at radius 2 is 2.06 bits per heavy atom. The SMILES string of the molecule is CC(=O)NCCNCC(O)COc1ccccc1. The molecule has 1 unspecified atom stereocenters. The third-order valence-corrected chi connectivity index (χ3v) is 2.24. The number of aliphatic hydroxyl groups excluding tert-OH is 1. The van der Waals surface area contributed by atoms with Crippen molar-refractivity contribution in [1.82, 2.24) is 10.6 Å². The maximum absolute atomic E-state index is 10.6. The number of para-hydroxylation sites is 1. The number of hydrogen-bond acceptors (Lipinski definition) is 4. The van der Waals surface area contributed by atoms with E-state index in [4.69, 9.17) is 4.74 Å². The van der Waals surface area contributed by atoms with Gasteiger partial charge in [0.2, 0.25) is 5.91 Å². The van der Waals surface area contributed by atoms with Crippen LogP contribution in [0.1, 0.15) is 6.92 Å². The van der Waals surface area contributed by atoms with Crippen LogP contribution in [-0.4, -0.2) is 43.4 Å². The summed E-state index contributed by atoms with van der Waals surface area (Å²) in [5.41, 5.74) is 0. The summed E-state index contributed by atoms with van der Waals surface area (Å²) in [5, 5.41) is 15.3. The Morgan fingerprint density at radius 1 is 1.33 bits per heavy atom. The fourth-order valence-electron chi connectivity index (χ4n) is 1.36. The first-order valence-electron chi connectivity index (χ1n) is 5.99. The van der Waals surface area contributed by atoms with Gasteiger partial charge in [-0.2, -0.15) is 0 Å². The predicted octanol–water partition coefficient (Wildman–Crippen LogP) is 0.152. The number of amides is 1. The van der Waals surface area contributed by atoms with Gasteiger partial charge in [-0.15, -0.1) is 0 Å². The van der Waals surface area contributed by atoms with Crippen molar-refractivity contribution in [2.45, 2.75) is 13.0 Å². The van der Waals surface area contributed by atoms with Gasteiger partial charge in [-0.05, 0) is 12.1 Å². The van der Waals surface area contributed by atoms with E-state index in [0.29, 0.717) is 19.6 Å². The van der Waals surface area contributed by atoms with Gasteiger partial charge in [0.25, 0.3) is 0 Å². The van der Waals surface area contributed by atoms with Crippen molar-refractivity contribution >= 4 is 5.91 Å². The number of ether oxygens (including phenoxy) is 1. The predicted molar refractivity (Wildman–Crippen MR) is 69.5 cm³/mol. The van der Waals surface area contributed by atoms with E-state index in [9.17, 15) is 9.90 Å². The molecule has 1 aromatic carbocycles. The van der Waals surface area contributed by atoms with E-state index in [1.54, 1.807) is 0 Å². The number of carbonyl (C=O) groups is 1. The lowest BCUT2D eigenvalue weighted by molar-refractivity contribution is -0.118. The highest BCUT2D eigenvalue weighted by molar-refractivity contribution is 5.72. The standard InChI is InChI=1S/C13H20N2O3/c1-11(16)15-8-7-14-9-12(17)10-18-13-5-3-2-4-6-13/h2-6,12,14,17H,7-10H2,1H3,(H,15,16). The Balaban J connectivity index is 2.04. The first-order chi connectivity index (χ1) is 8.68. The Bertz CT molecular complexity index is 343. The maximum atomic E-state index is 10.6. The summed E-state index contributed by atoms with van der Waals surface area (Å²) in [6.45, 7) is 3.34.